The summed E-state index contributed by atoms with van der Waals surface area (Å²) in [5.41, 5.74) is 0. The molecular formula is C6H10NaO4S2. The molecule has 0 aromatic heterocycles. The van der Waals surface area contributed by atoms with Crippen LogP contribution in [-0.2, 0) is 9.47 Å². The molecule has 0 spiro atoms. The second kappa shape index (κ2) is 10.7. The van der Waals surface area contributed by atoms with E-state index in [-0.39, 0.29) is 29.6 Å². The molecule has 13 heavy (non-hydrogen) atoms. The smallest absolute Gasteiger partial charge is 0.378 e. The van der Waals surface area contributed by atoms with Crippen LogP contribution in [0.5, 0.6) is 0 Å². The summed E-state index contributed by atoms with van der Waals surface area (Å²) in [6, 6.07) is 0. The van der Waals surface area contributed by atoms with Gasteiger partial charge in [0.15, 0.2) is 0 Å². The first-order valence-corrected chi connectivity index (χ1v) is 5.53. The fraction of sp³-hybridized carbons (Fsp3) is 0.667. The number of carbonyl (C=O) groups excluding carboxylic acids is 2. The zero-order valence-corrected chi connectivity index (χ0v) is 11.5. The van der Waals surface area contributed by atoms with Gasteiger partial charge in [0, 0.05) is 51.1 Å². The molecule has 0 amide bonds. The molecule has 0 N–H and O–H groups in total. The molecule has 1 radical (unpaired) electrons. The third kappa shape index (κ3) is 10.6. The average Bonchev–Trinajstić information content (AvgIpc) is 2.02. The van der Waals surface area contributed by atoms with Crippen LogP contribution in [0.25, 0.3) is 0 Å². The molecule has 0 saturated carbocycles. The molecule has 0 fully saturated rings. The Hall–Kier alpha value is 0.640. The Balaban J connectivity index is 0. The van der Waals surface area contributed by atoms with E-state index in [1.165, 1.54) is 0 Å². The largest absolute Gasteiger partial charge is 0.457 e. The first-order valence-electron chi connectivity index (χ1n) is 3.38. The molecule has 0 aliphatic carbocycles. The van der Waals surface area contributed by atoms with Gasteiger partial charge >= 0.3 is 10.6 Å². The van der Waals surface area contributed by atoms with Gasteiger partial charge in [0.05, 0.1) is 13.2 Å². The van der Waals surface area contributed by atoms with Gasteiger partial charge in [0.1, 0.15) is 0 Å². The molecule has 0 aliphatic heterocycles. The summed E-state index contributed by atoms with van der Waals surface area (Å²) in [7, 11) is 1.46. The van der Waals surface area contributed by atoms with Crippen molar-refractivity contribution in [3.63, 3.8) is 0 Å². The van der Waals surface area contributed by atoms with E-state index in [1.54, 1.807) is 13.8 Å². The van der Waals surface area contributed by atoms with E-state index in [9.17, 15) is 9.59 Å². The van der Waals surface area contributed by atoms with Crippen molar-refractivity contribution in [3.05, 3.63) is 0 Å². The quantitative estimate of drug-likeness (QED) is 0.414. The van der Waals surface area contributed by atoms with Gasteiger partial charge in [-0.05, 0) is 13.8 Å². The molecular weight excluding hydrogens is 223 g/mol. The van der Waals surface area contributed by atoms with E-state index in [0.717, 1.165) is 21.6 Å². The van der Waals surface area contributed by atoms with Crippen molar-refractivity contribution >= 4 is 61.7 Å². The third-order valence-electron chi connectivity index (χ3n) is 0.702. The Labute approximate surface area is 107 Å². The molecule has 0 unspecified atom stereocenters. The summed E-state index contributed by atoms with van der Waals surface area (Å²) < 4.78 is 9.13. The van der Waals surface area contributed by atoms with Crippen LogP contribution in [0.1, 0.15) is 13.8 Å². The van der Waals surface area contributed by atoms with Crippen LogP contribution in [0.15, 0.2) is 0 Å². The Morgan fingerprint density at radius 3 is 1.54 bits per heavy atom. The van der Waals surface area contributed by atoms with E-state index in [4.69, 9.17) is 0 Å². The van der Waals surface area contributed by atoms with E-state index in [2.05, 4.69) is 9.47 Å². The maximum Gasteiger partial charge on any atom is 0.378 e. The number of hydrogen-bond donors (Lipinski definition) is 0. The van der Waals surface area contributed by atoms with Crippen LogP contribution >= 0.6 is 21.6 Å². The standard InChI is InChI=1S/C6H10O4S2.Na/c1-3-9-5(7)11-12-6(8)10-4-2;/h3-4H2,1-2H3;. The van der Waals surface area contributed by atoms with Crippen molar-refractivity contribution in [2.45, 2.75) is 13.8 Å². The van der Waals surface area contributed by atoms with Crippen molar-refractivity contribution in [3.8, 4) is 0 Å². The van der Waals surface area contributed by atoms with Gasteiger partial charge in [0.25, 0.3) is 0 Å². The number of hydrogen-bond acceptors (Lipinski definition) is 6. The van der Waals surface area contributed by atoms with Crippen LogP contribution in [0.2, 0.25) is 0 Å². The van der Waals surface area contributed by atoms with Crippen LogP contribution in [0.3, 0.4) is 0 Å². The minimum Gasteiger partial charge on any atom is -0.457 e. The SMILES string of the molecule is CCOC(=O)SSC(=O)OCC.[Na]. The van der Waals surface area contributed by atoms with Crippen molar-refractivity contribution in [1.29, 1.82) is 0 Å². The van der Waals surface area contributed by atoms with Gasteiger partial charge in [-0.1, -0.05) is 0 Å². The zero-order chi connectivity index (χ0) is 9.40. The predicted octanol–water partition coefficient (Wildman–Crippen LogP) is 2.30. The van der Waals surface area contributed by atoms with Gasteiger partial charge < -0.3 is 9.47 Å². The molecule has 7 heteroatoms. The molecule has 0 aliphatic rings. The second-order valence-corrected chi connectivity index (χ2v) is 3.53. The summed E-state index contributed by atoms with van der Waals surface area (Å²) in [5.74, 6) is 0. The molecule has 0 rings (SSSR count). The molecule has 0 bridgehead atoms. The Kier molecular flexibility index (Phi) is 13.3. The predicted molar refractivity (Wildman–Crippen MR) is 55.0 cm³/mol. The summed E-state index contributed by atoms with van der Waals surface area (Å²) in [6.45, 7) is 4.03. The van der Waals surface area contributed by atoms with Gasteiger partial charge in [0.2, 0.25) is 0 Å². The van der Waals surface area contributed by atoms with E-state index in [1.807, 2.05) is 0 Å². The molecule has 0 aromatic rings. The first kappa shape index (κ1) is 16.1. The fourth-order valence-corrected chi connectivity index (χ4v) is 1.52. The summed E-state index contributed by atoms with van der Waals surface area (Å²) in [4.78, 5) is 21.3. The molecule has 4 nitrogen and oxygen atoms in total. The topological polar surface area (TPSA) is 52.6 Å². The molecule has 71 valence electrons. The molecule has 0 atom stereocenters. The van der Waals surface area contributed by atoms with Crippen molar-refractivity contribution in [2.24, 2.45) is 0 Å². The maximum absolute atomic E-state index is 10.7. The van der Waals surface area contributed by atoms with Crippen LogP contribution < -0.4 is 0 Å². The number of ether oxygens (including phenoxy) is 2. The van der Waals surface area contributed by atoms with Crippen LogP contribution in [0.4, 0.5) is 9.59 Å². The summed E-state index contributed by atoms with van der Waals surface area (Å²) in [5, 5.41) is -0.953. The van der Waals surface area contributed by atoms with Gasteiger partial charge in [-0.25, -0.2) is 9.59 Å². The average molecular weight is 233 g/mol. The first-order chi connectivity index (χ1) is 5.70. The number of rotatable bonds is 2. The molecule has 0 heterocycles. The summed E-state index contributed by atoms with van der Waals surface area (Å²) >= 11 is 0. The maximum atomic E-state index is 10.7. The van der Waals surface area contributed by atoms with Gasteiger partial charge in [-0.15, -0.1) is 0 Å². The normalized spacial score (nSPS) is 8.46. The van der Waals surface area contributed by atoms with Crippen LogP contribution in [-0.4, -0.2) is 53.4 Å². The van der Waals surface area contributed by atoms with Crippen molar-refractivity contribution in [2.75, 3.05) is 13.2 Å². The van der Waals surface area contributed by atoms with Gasteiger partial charge in [-0.3, -0.25) is 0 Å². The van der Waals surface area contributed by atoms with Gasteiger partial charge in [-0.2, -0.15) is 0 Å². The monoisotopic (exact) mass is 233 g/mol. The Morgan fingerprint density at radius 2 is 1.31 bits per heavy atom. The van der Waals surface area contributed by atoms with E-state index >= 15 is 0 Å². The molecule has 0 aromatic carbocycles. The van der Waals surface area contributed by atoms with Crippen molar-refractivity contribution in [1.82, 2.24) is 0 Å². The Morgan fingerprint density at radius 1 is 1.00 bits per heavy atom. The third-order valence-corrected chi connectivity index (χ3v) is 2.36. The van der Waals surface area contributed by atoms with E-state index in [0.29, 0.717) is 13.2 Å². The minimum absolute atomic E-state index is 0. The van der Waals surface area contributed by atoms with E-state index < -0.39 is 10.6 Å². The summed E-state index contributed by atoms with van der Waals surface area (Å²) in [6.07, 6.45) is 0. The Bertz CT molecular complexity index is 147. The number of carbonyl (C=O) groups is 2. The zero-order valence-electron chi connectivity index (χ0n) is 7.86. The minimum atomic E-state index is -0.476. The molecule has 0 saturated heterocycles. The van der Waals surface area contributed by atoms with Crippen molar-refractivity contribution < 1.29 is 19.1 Å². The fourth-order valence-electron chi connectivity index (χ4n) is 0.352. The second-order valence-electron chi connectivity index (χ2n) is 1.53. The van der Waals surface area contributed by atoms with Crippen LogP contribution in [0, 0.1) is 0 Å².